The van der Waals surface area contributed by atoms with Crippen molar-refractivity contribution in [3.8, 4) is 22.3 Å². The Morgan fingerprint density at radius 2 is 1.71 bits per heavy atom. The molecular weight excluding hydrogens is 544 g/mol. The fourth-order valence-electron chi connectivity index (χ4n) is 6.96. The van der Waals surface area contributed by atoms with Crippen LogP contribution in [0.15, 0.2) is 148 Å². The molecule has 0 amide bonds. The van der Waals surface area contributed by atoms with E-state index in [1.165, 1.54) is 44.5 Å². The first kappa shape index (κ1) is 28.9. The smallest absolute Gasteiger partial charge is 0.0716 e. The van der Waals surface area contributed by atoms with Crippen LogP contribution in [0.1, 0.15) is 60.3 Å². The number of hydrogen-bond donors (Lipinski definition) is 0. The molecule has 0 heterocycles. The zero-order valence-electron chi connectivity index (χ0n) is 26.2. The molecule has 0 N–H and O–H groups in total. The fourth-order valence-corrected chi connectivity index (χ4v) is 6.96. The highest BCUT2D eigenvalue weighted by atomic mass is 14.8. The van der Waals surface area contributed by atoms with E-state index in [1.54, 1.807) is 5.57 Å². The Bertz CT molecular complexity index is 1900. The summed E-state index contributed by atoms with van der Waals surface area (Å²) < 4.78 is 0. The summed E-state index contributed by atoms with van der Waals surface area (Å²) in [4.78, 5) is 9.60. The second kappa shape index (κ2) is 13.0. The van der Waals surface area contributed by atoms with Gasteiger partial charge in [-0.15, -0.1) is 0 Å². The predicted molar refractivity (Wildman–Crippen MR) is 193 cm³/mol. The maximum absolute atomic E-state index is 5.08. The maximum atomic E-state index is 5.08. The minimum Gasteiger partial charge on any atom is -0.280 e. The highest BCUT2D eigenvalue weighted by Gasteiger charge is 2.27. The van der Waals surface area contributed by atoms with Gasteiger partial charge in [0.05, 0.1) is 18.0 Å². The zero-order chi connectivity index (χ0) is 30.6. The van der Waals surface area contributed by atoms with Crippen LogP contribution >= 0.6 is 0 Å². The lowest BCUT2D eigenvalue weighted by molar-refractivity contribution is 0.822. The average molecular weight is 585 g/mol. The minimum absolute atomic E-state index is 0.535. The Morgan fingerprint density at radius 1 is 0.867 bits per heavy atom. The van der Waals surface area contributed by atoms with Crippen molar-refractivity contribution in [1.82, 2.24) is 0 Å². The van der Waals surface area contributed by atoms with Crippen LogP contribution in [0.4, 0.5) is 0 Å². The monoisotopic (exact) mass is 584 g/mol. The van der Waals surface area contributed by atoms with E-state index in [2.05, 4.69) is 140 Å². The topological polar surface area (TPSA) is 24.7 Å². The number of allylic oxidation sites excluding steroid dienone is 11. The van der Waals surface area contributed by atoms with Crippen LogP contribution < -0.4 is 0 Å². The van der Waals surface area contributed by atoms with Gasteiger partial charge in [-0.25, -0.2) is 0 Å². The van der Waals surface area contributed by atoms with Crippen LogP contribution in [-0.2, 0) is 6.42 Å². The van der Waals surface area contributed by atoms with E-state index >= 15 is 0 Å². The molecule has 0 saturated heterocycles. The number of aryl methyl sites for hydroxylation is 1. The largest absolute Gasteiger partial charge is 0.280 e. The van der Waals surface area contributed by atoms with Gasteiger partial charge in [-0.1, -0.05) is 109 Å². The van der Waals surface area contributed by atoms with E-state index in [0.29, 0.717) is 12.5 Å². The molecule has 2 heteroatoms. The molecule has 2 nitrogen and oxygen atoms in total. The molecule has 1 atom stereocenters. The Morgan fingerprint density at radius 3 is 2.53 bits per heavy atom. The molecule has 1 unspecified atom stereocenters. The summed E-state index contributed by atoms with van der Waals surface area (Å²) in [6.45, 7) is 6.84. The predicted octanol–water partition coefficient (Wildman–Crippen LogP) is 10.9. The van der Waals surface area contributed by atoms with Crippen LogP contribution in [-0.4, -0.2) is 19.0 Å². The molecule has 4 aliphatic rings. The Hall–Kier alpha value is -4.82. The van der Waals surface area contributed by atoms with Crippen LogP contribution in [0.25, 0.3) is 28.0 Å². The van der Waals surface area contributed by atoms with Crippen molar-refractivity contribution < 1.29 is 0 Å². The lowest BCUT2D eigenvalue weighted by Crippen LogP contribution is -2.04. The minimum atomic E-state index is 0.535. The first-order valence-electron chi connectivity index (χ1n) is 16.3. The second-order valence-electron chi connectivity index (χ2n) is 12.4. The third-order valence-corrected chi connectivity index (χ3v) is 9.46. The lowest BCUT2D eigenvalue weighted by atomic mass is 9.89. The number of benzene rings is 3. The Kier molecular flexibility index (Phi) is 8.38. The lowest BCUT2D eigenvalue weighted by Gasteiger charge is -2.16. The molecule has 0 fully saturated rings. The van der Waals surface area contributed by atoms with Crippen LogP contribution in [0.2, 0.25) is 0 Å². The van der Waals surface area contributed by atoms with Crippen LogP contribution in [0.5, 0.6) is 0 Å². The third kappa shape index (κ3) is 6.24. The highest BCUT2D eigenvalue weighted by Crippen LogP contribution is 2.43. The van der Waals surface area contributed by atoms with Crippen molar-refractivity contribution in [3.63, 3.8) is 0 Å². The van der Waals surface area contributed by atoms with Crippen LogP contribution in [0, 0.1) is 6.92 Å². The Balaban J connectivity index is 1.21. The molecule has 0 radical (unpaired) electrons. The van der Waals surface area contributed by atoms with Gasteiger partial charge < -0.3 is 0 Å². The van der Waals surface area contributed by atoms with E-state index in [-0.39, 0.29) is 0 Å². The molecule has 222 valence electrons. The van der Waals surface area contributed by atoms with E-state index in [4.69, 9.17) is 4.99 Å². The molecule has 7 rings (SSSR count). The Labute approximate surface area is 268 Å². The number of hydrogen-bond acceptors (Lipinski definition) is 2. The standard InChI is InChI=1S/C43H40N2/c1-30-20-21-33(34-22-23-37-24-35-16-9-10-19-39(35)41(37)27-34)26-40(30)36-17-11-18-38(25-36)42(44-2)28-43(32-14-7-4-8-15-32)45-29-31-12-5-3-6-13-31/h5,7,9-18,20-23,25-28,39H,2-4,6,8,19,24,29H2,1H3/b42-28-,45-43+. The highest BCUT2D eigenvalue weighted by molar-refractivity contribution is 6.14. The summed E-state index contributed by atoms with van der Waals surface area (Å²) >= 11 is 0. The molecule has 0 spiro atoms. The third-order valence-electron chi connectivity index (χ3n) is 9.46. The molecule has 0 saturated carbocycles. The summed E-state index contributed by atoms with van der Waals surface area (Å²) in [6.07, 6.45) is 28.9. The average Bonchev–Trinajstić information content (AvgIpc) is 3.47. The first-order chi connectivity index (χ1) is 22.2. The summed E-state index contributed by atoms with van der Waals surface area (Å²) in [7, 11) is 0. The summed E-state index contributed by atoms with van der Waals surface area (Å²) in [5, 5.41) is 0. The van der Waals surface area contributed by atoms with Gasteiger partial charge in [-0.2, -0.15) is 0 Å². The number of nitrogens with zero attached hydrogens (tertiary/aromatic N) is 2. The van der Waals surface area contributed by atoms with E-state index in [9.17, 15) is 0 Å². The summed E-state index contributed by atoms with van der Waals surface area (Å²) in [6, 6.07) is 22.6. The maximum Gasteiger partial charge on any atom is 0.0716 e. The van der Waals surface area contributed by atoms with E-state index in [0.717, 1.165) is 61.1 Å². The van der Waals surface area contributed by atoms with E-state index in [1.807, 2.05) is 0 Å². The van der Waals surface area contributed by atoms with Gasteiger partial charge in [0.15, 0.2) is 0 Å². The van der Waals surface area contributed by atoms with Gasteiger partial charge in [0.1, 0.15) is 0 Å². The van der Waals surface area contributed by atoms with Crippen molar-refractivity contribution in [1.29, 1.82) is 0 Å². The molecule has 0 aromatic heterocycles. The van der Waals surface area contributed by atoms with Crippen molar-refractivity contribution >= 4 is 18.1 Å². The fraction of sp³-hybridized carbons (Fsp3) is 0.209. The summed E-state index contributed by atoms with van der Waals surface area (Å²) in [5.41, 5.74) is 16.0. The van der Waals surface area contributed by atoms with Gasteiger partial charge in [0, 0.05) is 11.5 Å². The quantitative estimate of drug-likeness (QED) is 0.235. The zero-order valence-corrected chi connectivity index (χ0v) is 26.2. The molecule has 4 aliphatic carbocycles. The van der Waals surface area contributed by atoms with Gasteiger partial charge in [-0.3, -0.25) is 9.98 Å². The van der Waals surface area contributed by atoms with Crippen molar-refractivity contribution in [2.75, 3.05) is 6.54 Å². The van der Waals surface area contributed by atoms with Crippen molar-refractivity contribution in [2.24, 2.45) is 9.98 Å². The molecular formula is C43H40N2. The normalized spacial score (nSPS) is 19.0. The van der Waals surface area contributed by atoms with Crippen molar-refractivity contribution in [3.05, 3.63) is 160 Å². The van der Waals surface area contributed by atoms with E-state index < -0.39 is 0 Å². The number of rotatable bonds is 8. The number of aliphatic imine (C=N–C) groups is 2. The summed E-state index contributed by atoms with van der Waals surface area (Å²) in [5.74, 6) is 0.535. The second-order valence-corrected chi connectivity index (χ2v) is 12.4. The first-order valence-corrected chi connectivity index (χ1v) is 16.3. The molecule has 45 heavy (non-hydrogen) atoms. The molecule has 3 aromatic rings. The van der Waals surface area contributed by atoms with Crippen molar-refractivity contribution in [2.45, 2.75) is 51.4 Å². The van der Waals surface area contributed by atoms with Gasteiger partial charge >= 0.3 is 0 Å². The van der Waals surface area contributed by atoms with Gasteiger partial charge in [0.2, 0.25) is 0 Å². The molecule has 3 aromatic carbocycles. The SMILES string of the molecule is C=N/C(=C\C(=N/CC1=CCCC=C1)C1=CCCC=C1)c1cccc(-c2cc(-c3ccc4c(c3)C3CC=CC=C3C4)ccc2C)c1. The molecule has 0 bridgehead atoms. The number of fused-ring (bicyclic) bond motifs is 3. The van der Waals surface area contributed by atoms with Gasteiger partial charge in [0.25, 0.3) is 0 Å². The molecule has 0 aliphatic heterocycles. The van der Waals surface area contributed by atoms with Crippen LogP contribution in [0.3, 0.4) is 0 Å². The van der Waals surface area contributed by atoms with Gasteiger partial charge in [-0.05, 0) is 120 Å².